The Morgan fingerprint density at radius 3 is 1.31 bits per heavy atom. The van der Waals surface area contributed by atoms with Gasteiger partial charge in [0.1, 0.15) is 6.61 Å². The molecule has 282 valence electrons. The minimum absolute atomic E-state index is 0.193. The lowest BCUT2D eigenvalue weighted by Crippen LogP contribution is -2.29. The summed E-state index contributed by atoms with van der Waals surface area (Å²) >= 11 is 0. The highest BCUT2D eigenvalue weighted by Crippen LogP contribution is 2.36. The lowest BCUT2D eigenvalue weighted by molar-refractivity contribution is -0.161. The summed E-state index contributed by atoms with van der Waals surface area (Å²) in [6, 6.07) is 0. The van der Waals surface area contributed by atoms with Crippen molar-refractivity contribution in [2.24, 2.45) is 0 Å². The third kappa shape index (κ3) is 37.4. The molecule has 0 spiro atoms. The van der Waals surface area contributed by atoms with Gasteiger partial charge in [0, 0.05) is 12.8 Å². The van der Waals surface area contributed by atoms with E-state index in [1.54, 1.807) is 0 Å². The summed E-state index contributed by atoms with van der Waals surface area (Å²) in [4.78, 5) is 42.7. The molecule has 0 aromatic carbocycles. The topological polar surface area (TPSA) is 119 Å². The molecule has 0 saturated carbocycles. The molecule has 0 aliphatic heterocycles. The van der Waals surface area contributed by atoms with Crippen LogP contribution in [-0.4, -0.2) is 41.0 Å². The molecular formula is C39H73O8P. The fourth-order valence-corrected chi connectivity index (χ4v) is 5.84. The highest BCUT2D eigenvalue weighted by molar-refractivity contribution is 7.46. The summed E-state index contributed by atoms with van der Waals surface area (Å²) in [5.74, 6) is -0.904. The van der Waals surface area contributed by atoms with E-state index in [0.29, 0.717) is 6.42 Å². The second kappa shape index (κ2) is 35.4. The third-order valence-electron chi connectivity index (χ3n) is 8.44. The molecule has 9 heteroatoms. The Kier molecular flexibility index (Phi) is 34.3. The van der Waals surface area contributed by atoms with Crippen LogP contribution in [0.25, 0.3) is 0 Å². The molecular weight excluding hydrogens is 627 g/mol. The average Bonchev–Trinajstić information content (AvgIpc) is 3.05. The first kappa shape index (κ1) is 46.5. The van der Waals surface area contributed by atoms with Crippen LogP contribution >= 0.6 is 7.82 Å². The molecule has 0 aromatic heterocycles. The zero-order valence-electron chi connectivity index (χ0n) is 30.9. The highest BCUT2D eigenvalue weighted by atomic mass is 31.2. The van der Waals surface area contributed by atoms with Crippen molar-refractivity contribution >= 4 is 19.8 Å². The van der Waals surface area contributed by atoms with E-state index in [2.05, 4.69) is 42.7 Å². The molecule has 48 heavy (non-hydrogen) atoms. The minimum atomic E-state index is -4.75. The van der Waals surface area contributed by atoms with Gasteiger partial charge in [0.15, 0.2) is 6.10 Å². The van der Waals surface area contributed by atoms with Crippen LogP contribution in [0.15, 0.2) is 24.3 Å². The van der Waals surface area contributed by atoms with Gasteiger partial charge in [0.2, 0.25) is 0 Å². The summed E-state index contributed by atoms with van der Waals surface area (Å²) in [5.41, 5.74) is 0. The van der Waals surface area contributed by atoms with Crippen LogP contribution in [0.3, 0.4) is 0 Å². The number of phosphoric ester groups is 1. The zero-order chi connectivity index (χ0) is 35.4. The van der Waals surface area contributed by atoms with Gasteiger partial charge in [-0.05, 0) is 64.2 Å². The first-order valence-electron chi connectivity index (χ1n) is 19.6. The van der Waals surface area contributed by atoms with Gasteiger partial charge in [-0.25, -0.2) is 4.57 Å². The van der Waals surface area contributed by atoms with E-state index in [4.69, 9.17) is 19.3 Å². The van der Waals surface area contributed by atoms with Crippen molar-refractivity contribution in [2.75, 3.05) is 13.2 Å². The number of ether oxygens (including phenoxy) is 2. The van der Waals surface area contributed by atoms with Gasteiger partial charge in [-0.1, -0.05) is 141 Å². The minimum Gasteiger partial charge on any atom is -0.462 e. The molecule has 0 aliphatic rings. The summed E-state index contributed by atoms with van der Waals surface area (Å²) in [5, 5.41) is 0. The summed E-state index contributed by atoms with van der Waals surface area (Å²) in [6.07, 6.45) is 39.0. The van der Waals surface area contributed by atoms with Crippen molar-refractivity contribution < 1.29 is 37.9 Å². The fourth-order valence-electron chi connectivity index (χ4n) is 5.48. The first-order chi connectivity index (χ1) is 23.3. The molecule has 1 atom stereocenters. The Morgan fingerprint density at radius 2 is 0.875 bits per heavy atom. The Balaban J connectivity index is 3.97. The number of esters is 2. The fraction of sp³-hybridized carbons (Fsp3) is 0.846. The second-order valence-electron chi connectivity index (χ2n) is 13.2. The van der Waals surface area contributed by atoms with Crippen molar-refractivity contribution in [2.45, 2.75) is 200 Å². The van der Waals surface area contributed by atoms with E-state index in [0.717, 1.165) is 57.8 Å². The van der Waals surface area contributed by atoms with Gasteiger partial charge in [0.25, 0.3) is 0 Å². The molecule has 0 rings (SSSR count). The van der Waals surface area contributed by atoms with Crippen LogP contribution in [0, 0.1) is 0 Å². The molecule has 0 unspecified atom stereocenters. The standard InChI is InChI=1S/C39H73O8P/c1-3-5-7-9-11-13-15-17-19-21-23-25-27-29-31-33-38(40)45-35-37(36-46-48(42,43)44)47-39(41)34-32-30-28-26-24-22-20-18-16-14-12-10-8-6-4-2/h13,15,22,24,37H,3-12,14,16-21,23,25-36H2,1-2H3,(H2,42,43,44)/b15-13+,24-22+/t37-/m1/s1. The van der Waals surface area contributed by atoms with Gasteiger partial charge in [-0.15, -0.1) is 0 Å². The van der Waals surface area contributed by atoms with Gasteiger partial charge >= 0.3 is 19.8 Å². The normalized spacial score (nSPS) is 12.7. The second-order valence-corrected chi connectivity index (χ2v) is 14.5. The molecule has 0 aliphatic carbocycles. The molecule has 0 aromatic rings. The van der Waals surface area contributed by atoms with E-state index in [1.165, 1.54) is 103 Å². The van der Waals surface area contributed by atoms with Gasteiger partial charge < -0.3 is 19.3 Å². The van der Waals surface area contributed by atoms with Gasteiger partial charge in [-0.2, -0.15) is 0 Å². The molecule has 0 fully saturated rings. The van der Waals surface area contributed by atoms with Crippen LogP contribution in [-0.2, 0) is 28.2 Å². The van der Waals surface area contributed by atoms with Gasteiger partial charge in [-0.3, -0.25) is 14.1 Å². The van der Waals surface area contributed by atoms with Crippen LogP contribution in [0.4, 0.5) is 0 Å². The number of hydrogen-bond donors (Lipinski definition) is 2. The van der Waals surface area contributed by atoms with E-state index >= 15 is 0 Å². The molecule has 0 radical (unpaired) electrons. The van der Waals surface area contributed by atoms with E-state index in [1.807, 2.05) is 0 Å². The summed E-state index contributed by atoms with van der Waals surface area (Å²) in [6.45, 7) is 3.65. The summed E-state index contributed by atoms with van der Waals surface area (Å²) < 4.78 is 26.3. The number of rotatable bonds is 36. The first-order valence-corrected chi connectivity index (χ1v) is 21.2. The van der Waals surface area contributed by atoms with Crippen molar-refractivity contribution in [1.82, 2.24) is 0 Å². The Labute approximate surface area is 294 Å². The number of unbranched alkanes of at least 4 members (excludes halogenated alkanes) is 22. The number of carbonyl (C=O) groups excluding carboxylic acids is 2. The lowest BCUT2D eigenvalue weighted by atomic mass is 10.1. The molecule has 2 N–H and O–H groups in total. The van der Waals surface area contributed by atoms with Crippen molar-refractivity contribution in [3.05, 3.63) is 24.3 Å². The third-order valence-corrected chi connectivity index (χ3v) is 8.93. The molecule has 0 amide bonds. The van der Waals surface area contributed by atoms with Crippen molar-refractivity contribution in [3.8, 4) is 0 Å². The number of hydrogen-bond acceptors (Lipinski definition) is 6. The Hall–Kier alpha value is -1.47. The largest absolute Gasteiger partial charge is 0.469 e. The maximum absolute atomic E-state index is 12.4. The van der Waals surface area contributed by atoms with Gasteiger partial charge in [0.05, 0.1) is 6.61 Å². The summed E-state index contributed by atoms with van der Waals surface area (Å²) in [7, 11) is -4.75. The van der Waals surface area contributed by atoms with Crippen LogP contribution < -0.4 is 0 Å². The Bertz CT molecular complexity index is 838. The van der Waals surface area contributed by atoms with Crippen LogP contribution in [0.1, 0.15) is 194 Å². The van der Waals surface area contributed by atoms with Crippen LogP contribution in [0.5, 0.6) is 0 Å². The van der Waals surface area contributed by atoms with E-state index in [9.17, 15) is 14.2 Å². The maximum Gasteiger partial charge on any atom is 0.469 e. The number of carbonyl (C=O) groups is 2. The molecule has 0 bridgehead atoms. The zero-order valence-corrected chi connectivity index (χ0v) is 31.8. The predicted octanol–water partition coefficient (Wildman–Crippen LogP) is 11.6. The molecule has 8 nitrogen and oxygen atoms in total. The average molecular weight is 701 g/mol. The lowest BCUT2D eigenvalue weighted by Gasteiger charge is -2.18. The van der Waals surface area contributed by atoms with E-state index in [-0.39, 0.29) is 19.4 Å². The maximum atomic E-state index is 12.4. The quantitative estimate of drug-likeness (QED) is 0.0287. The van der Waals surface area contributed by atoms with Crippen LogP contribution in [0.2, 0.25) is 0 Å². The van der Waals surface area contributed by atoms with Crippen molar-refractivity contribution in [1.29, 1.82) is 0 Å². The Morgan fingerprint density at radius 1 is 0.521 bits per heavy atom. The molecule has 0 heterocycles. The number of phosphoric acid groups is 1. The monoisotopic (exact) mass is 701 g/mol. The smallest absolute Gasteiger partial charge is 0.462 e. The highest BCUT2D eigenvalue weighted by Gasteiger charge is 2.22. The van der Waals surface area contributed by atoms with E-state index < -0.39 is 32.5 Å². The number of allylic oxidation sites excluding steroid dienone is 4. The predicted molar refractivity (Wildman–Crippen MR) is 198 cm³/mol. The van der Waals surface area contributed by atoms with Crippen molar-refractivity contribution in [3.63, 3.8) is 0 Å². The molecule has 0 saturated heterocycles. The SMILES string of the molecule is CCCCCC/C=C/CCCCCCCCCC(=O)OC[C@H](COP(=O)(O)O)OC(=O)CCCCC/C=C/CCCCCCCCCC.